The van der Waals surface area contributed by atoms with Crippen molar-refractivity contribution in [2.75, 3.05) is 0 Å². The molecule has 0 aromatic heterocycles. The summed E-state index contributed by atoms with van der Waals surface area (Å²) >= 11 is 0. The maximum atomic E-state index is 12.4. The molecule has 0 amide bonds. The minimum Gasteiger partial charge on any atom is -0.312 e. The number of hydrogen-bond acceptors (Lipinski definition) is 1. The van der Waals surface area contributed by atoms with Crippen molar-refractivity contribution >= 4 is 13.0 Å². The molecule has 17 heavy (non-hydrogen) atoms. The number of rotatable bonds is 4. The third kappa shape index (κ3) is 3.91. The van der Waals surface area contributed by atoms with E-state index in [1.165, 1.54) is 26.3 Å². The van der Waals surface area contributed by atoms with Crippen LogP contribution in [0.25, 0.3) is 0 Å². The quantitative estimate of drug-likeness (QED) is 0.738. The molecule has 0 aliphatic rings. The number of benzene rings is 1. The molecule has 0 N–H and O–H groups in total. The zero-order valence-corrected chi connectivity index (χ0v) is 9.71. The van der Waals surface area contributed by atoms with Crippen LogP contribution in [0.3, 0.4) is 0 Å². The van der Waals surface area contributed by atoms with E-state index in [2.05, 4.69) is 0 Å². The molecular formula is C12H13BF3O. The lowest BCUT2D eigenvalue weighted by Crippen LogP contribution is -2.15. The van der Waals surface area contributed by atoms with Crippen LogP contribution in [0.5, 0.6) is 0 Å². The third-order valence-corrected chi connectivity index (χ3v) is 2.54. The van der Waals surface area contributed by atoms with Crippen LogP contribution in [-0.4, -0.2) is 13.0 Å². The van der Waals surface area contributed by atoms with E-state index in [4.69, 9.17) is 0 Å². The molecular weight excluding hydrogens is 228 g/mol. The van der Waals surface area contributed by atoms with Crippen molar-refractivity contribution in [1.29, 1.82) is 0 Å². The third-order valence-electron chi connectivity index (χ3n) is 2.54. The summed E-state index contributed by atoms with van der Waals surface area (Å²) in [7, 11) is 1.53. The smallest absolute Gasteiger partial charge is 0.312 e. The molecule has 0 fully saturated rings. The average molecular weight is 241 g/mol. The second-order valence-corrected chi connectivity index (χ2v) is 3.91. The summed E-state index contributed by atoms with van der Waals surface area (Å²) in [4.78, 5) is 11.0. The molecule has 0 bridgehead atoms. The zero-order valence-electron chi connectivity index (χ0n) is 9.71. The van der Waals surface area contributed by atoms with E-state index in [0.29, 0.717) is 6.42 Å². The van der Waals surface area contributed by atoms with Crippen LogP contribution in [-0.2, 0) is 11.0 Å². The van der Waals surface area contributed by atoms with E-state index in [0.717, 1.165) is 17.7 Å². The number of carbonyl (C=O) groups is 1. The Kier molecular flexibility index (Phi) is 4.37. The monoisotopic (exact) mass is 241 g/mol. The van der Waals surface area contributed by atoms with Gasteiger partial charge in [-0.25, -0.2) is 0 Å². The van der Waals surface area contributed by atoms with Gasteiger partial charge in [0.15, 0.2) is 0 Å². The summed E-state index contributed by atoms with van der Waals surface area (Å²) in [5, 5.41) is 0. The molecule has 1 radical (unpaired) electrons. The fraction of sp³-hybridized carbons (Fsp3) is 0.417. The first kappa shape index (κ1) is 13.8. The fourth-order valence-corrected chi connectivity index (χ4v) is 1.65. The standard InChI is InChI=1S/C12H13BF3O/c1-3-11(13-8(2)17)9-4-6-10(7-5-9)12(14,15)16/h4-7,11H,3H2,1-2H3. The van der Waals surface area contributed by atoms with Crippen LogP contribution in [0.15, 0.2) is 24.3 Å². The van der Waals surface area contributed by atoms with E-state index < -0.39 is 11.7 Å². The normalized spacial score (nSPS) is 13.2. The highest BCUT2D eigenvalue weighted by molar-refractivity contribution is 6.74. The van der Waals surface area contributed by atoms with Gasteiger partial charge in [0.25, 0.3) is 0 Å². The molecule has 0 aliphatic heterocycles. The highest BCUT2D eigenvalue weighted by atomic mass is 19.4. The first-order valence-electron chi connectivity index (χ1n) is 5.37. The zero-order chi connectivity index (χ0) is 13.1. The molecule has 5 heteroatoms. The van der Waals surface area contributed by atoms with Crippen molar-refractivity contribution in [1.82, 2.24) is 0 Å². The molecule has 1 atom stereocenters. The molecule has 0 heterocycles. The molecule has 0 saturated heterocycles. The predicted molar refractivity (Wildman–Crippen MR) is 60.9 cm³/mol. The van der Waals surface area contributed by atoms with Crippen molar-refractivity contribution in [2.45, 2.75) is 32.3 Å². The summed E-state index contributed by atoms with van der Waals surface area (Å²) in [6.45, 7) is 3.33. The van der Waals surface area contributed by atoms with Crippen LogP contribution in [0.2, 0.25) is 0 Å². The summed E-state index contributed by atoms with van der Waals surface area (Å²) in [5.74, 6) is -0.116. The Labute approximate surface area is 99.3 Å². The van der Waals surface area contributed by atoms with E-state index in [1.54, 1.807) is 0 Å². The molecule has 91 valence electrons. The Morgan fingerprint density at radius 1 is 1.29 bits per heavy atom. The van der Waals surface area contributed by atoms with Crippen molar-refractivity contribution in [3.8, 4) is 0 Å². The van der Waals surface area contributed by atoms with Gasteiger partial charge in [0.1, 0.15) is 0 Å². The van der Waals surface area contributed by atoms with Crippen LogP contribution >= 0.6 is 0 Å². The number of hydrogen-bond donors (Lipinski definition) is 0. The molecule has 1 rings (SSSR count). The van der Waals surface area contributed by atoms with Gasteiger partial charge < -0.3 is 4.79 Å². The first-order chi connectivity index (χ1) is 7.84. The van der Waals surface area contributed by atoms with E-state index >= 15 is 0 Å². The summed E-state index contributed by atoms with van der Waals surface area (Å²) in [5.41, 5.74) is -0.00799. The van der Waals surface area contributed by atoms with Crippen molar-refractivity contribution in [3.05, 3.63) is 35.4 Å². The number of alkyl halides is 3. The Morgan fingerprint density at radius 3 is 2.18 bits per heavy atom. The minimum atomic E-state index is -4.31. The first-order valence-corrected chi connectivity index (χ1v) is 5.37. The van der Waals surface area contributed by atoms with Gasteiger partial charge in [0, 0.05) is 0 Å². The number of carbonyl (C=O) groups excluding carboxylic acids is 1. The lowest BCUT2D eigenvalue weighted by atomic mass is 9.58. The molecule has 1 aromatic carbocycles. The highest BCUT2D eigenvalue weighted by Gasteiger charge is 2.30. The van der Waals surface area contributed by atoms with Gasteiger partial charge in [-0.05, 0) is 24.9 Å². The SMILES string of the molecule is CCC([B]C(C)=O)c1ccc(C(F)(F)F)cc1. The maximum absolute atomic E-state index is 12.4. The van der Waals surface area contributed by atoms with Crippen molar-refractivity contribution < 1.29 is 18.0 Å². The molecule has 1 unspecified atom stereocenters. The van der Waals surface area contributed by atoms with E-state index in [9.17, 15) is 18.0 Å². The Balaban J connectivity index is 2.89. The van der Waals surface area contributed by atoms with Gasteiger partial charge in [-0.2, -0.15) is 13.2 Å². The maximum Gasteiger partial charge on any atom is 0.416 e. The van der Waals surface area contributed by atoms with Crippen LogP contribution < -0.4 is 0 Å². The molecule has 1 nitrogen and oxygen atoms in total. The highest BCUT2D eigenvalue weighted by Crippen LogP contribution is 2.30. The van der Waals surface area contributed by atoms with E-state index in [1.807, 2.05) is 6.92 Å². The predicted octanol–water partition coefficient (Wildman–Crippen LogP) is 3.41. The van der Waals surface area contributed by atoms with Crippen LogP contribution in [0.4, 0.5) is 13.2 Å². The molecule has 1 aromatic rings. The van der Waals surface area contributed by atoms with Crippen LogP contribution in [0.1, 0.15) is 37.2 Å². The topological polar surface area (TPSA) is 17.1 Å². The Hall–Kier alpha value is -1.26. The van der Waals surface area contributed by atoms with Crippen LogP contribution in [0, 0.1) is 0 Å². The van der Waals surface area contributed by atoms with Gasteiger partial charge in [0.2, 0.25) is 7.28 Å². The van der Waals surface area contributed by atoms with Crippen molar-refractivity contribution in [3.63, 3.8) is 0 Å². The summed E-state index contributed by atoms with van der Waals surface area (Å²) in [6.07, 6.45) is -3.63. The largest absolute Gasteiger partial charge is 0.416 e. The molecule has 0 saturated carbocycles. The second kappa shape index (κ2) is 5.38. The summed E-state index contributed by atoms with van der Waals surface area (Å²) in [6, 6.07) is 4.95. The molecule has 0 aliphatic carbocycles. The Bertz CT molecular complexity index is 384. The van der Waals surface area contributed by atoms with Gasteiger partial charge in [-0.3, -0.25) is 0 Å². The van der Waals surface area contributed by atoms with Gasteiger partial charge >= 0.3 is 6.18 Å². The minimum absolute atomic E-state index is 0.0725. The van der Waals surface area contributed by atoms with Crippen molar-refractivity contribution in [2.24, 2.45) is 0 Å². The van der Waals surface area contributed by atoms with Gasteiger partial charge in [-0.15, -0.1) is 0 Å². The number of halogens is 3. The lowest BCUT2D eigenvalue weighted by molar-refractivity contribution is -0.137. The fourth-order valence-electron chi connectivity index (χ4n) is 1.65. The summed E-state index contributed by atoms with van der Waals surface area (Å²) < 4.78 is 37.1. The van der Waals surface area contributed by atoms with E-state index in [-0.39, 0.29) is 11.5 Å². The molecule has 0 spiro atoms. The second-order valence-electron chi connectivity index (χ2n) is 3.91. The average Bonchev–Trinajstić information content (AvgIpc) is 2.24. The Morgan fingerprint density at radius 2 is 1.82 bits per heavy atom. The van der Waals surface area contributed by atoms with Gasteiger partial charge in [0.05, 0.1) is 11.2 Å². The van der Waals surface area contributed by atoms with Gasteiger partial charge in [-0.1, -0.05) is 31.0 Å². The lowest BCUT2D eigenvalue weighted by Gasteiger charge is -2.14.